The molecular formula is C14H19N3O. The van der Waals surface area contributed by atoms with E-state index in [-0.39, 0.29) is 6.04 Å². The summed E-state index contributed by atoms with van der Waals surface area (Å²) in [7, 11) is 0. The van der Waals surface area contributed by atoms with Gasteiger partial charge in [-0.05, 0) is 26.8 Å². The molecule has 0 amide bonds. The maximum Gasteiger partial charge on any atom is 0.120 e. The van der Waals surface area contributed by atoms with E-state index >= 15 is 0 Å². The van der Waals surface area contributed by atoms with Crippen LogP contribution in [0.25, 0.3) is 0 Å². The minimum Gasteiger partial charge on any atom is -0.508 e. The number of para-hydroxylation sites is 1. The number of phenols is 1. The lowest BCUT2D eigenvalue weighted by Gasteiger charge is -2.15. The first-order chi connectivity index (χ1) is 8.58. The lowest BCUT2D eigenvalue weighted by Crippen LogP contribution is -2.06. The van der Waals surface area contributed by atoms with Crippen LogP contribution in [-0.2, 0) is 0 Å². The van der Waals surface area contributed by atoms with Gasteiger partial charge >= 0.3 is 0 Å². The number of hydrogen-bond donors (Lipinski definition) is 2. The van der Waals surface area contributed by atoms with Crippen molar-refractivity contribution in [2.24, 2.45) is 0 Å². The zero-order valence-electron chi connectivity index (χ0n) is 11.0. The van der Waals surface area contributed by atoms with E-state index < -0.39 is 0 Å². The fourth-order valence-electron chi connectivity index (χ4n) is 1.88. The van der Waals surface area contributed by atoms with Crippen molar-refractivity contribution in [1.82, 2.24) is 9.78 Å². The molecule has 2 aromatic rings. The average molecular weight is 245 g/mol. The molecule has 0 saturated heterocycles. The van der Waals surface area contributed by atoms with Crippen molar-refractivity contribution in [3.8, 4) is 5.75 Å². The van der Waals surface area contributed by atoms with Gasteiger partial charge in [0.05, 0.1) is 17.9 Å². The first-order valence-corrected chi connectivity index (χ1v) is 6.16. The third-order valence-corrected chi connectivity index (χ3v) is 2.92. The predicted molar refractivity (Wildman–Crippen MR) is 72.8 cm³/mol. The molecule has 2 N–H and O–H groups in total. The Morgan fingerprint density at radius 1 is 1.22 bits per heavy atom. The van der Waals surface area contributed by atoms with Crippen LogP contribution < -0.4 is 5.32 Å². The van der Waals surface area contributed by atoms with Crippen molar-refractivity contribution < 1.29 is 5.11 Å². The number of nitrogens with one attached hydrogen (secondary N) is 1. The third-order valence-electron chi connectivity index (χ3n) is 2.92. The van der Waals surface area contributed by atoms with Gasteiger partial charge in [-0.3, -0.25) is 4.68 Å². The highest BCUT2D eigenvalue weighted by Crippen LogP contribution is 2.26. The number of hydrogen-bond acceptors (Lipinski definition) is 3. The third kappa shape index (κ3) is 2.64. The van der Waals surface area contributed by atoms with Crippen LogP contribution in [0.3, 0.4) is 0 Å². The van der Waals surface area contributed by atoms with Gasteiger partial charge in [-0.1, -0.05) is 18.2 Å². The summed E-state index contributed by atoms with van der Waals surface area (Å²) in [5.74, 6) is 0.314. The second-order valence-electron chi connectivity index (χ2n) is 4.73. The van der Waals surface area contributed by atoms with E-state index in [0.29, 0.717) is 11.8 Å². The molecule has 0 spiro atoms. The molecule has 4 nitrogen and oxygen atoms in total. The summed E-state index contributed by atoms with van der Waals surface area (Å²) in [5.41, 5.74) is 1.84. The Bertz CT molecular complexity index is 519. The molecule has 0 aliphatic carbocycles. The molecule has 0 fully saturated rings. The average Bonchev–Trinajstić information content (AvgIpc) is 2.78. The summed E-state index contributed by atoms with van der Waals surface area (Å²) in [6, 6.07) is 7.75. The van der Waals surface area contributed by atoms with Crippen molar-refractivity contribution in [3.63, 3.8) is 0 Å². The van der Waals surface area contributed by atoms with Crippen LogP contribution in [0.15, 0.2) is 36.7 Å². The molecule has 1 atom stereocenters. The van der Waals surface area contributed by atoms with E-state index in [1.165, 1.54) is 0 Å². The number of rotatable bonds is 4. The van der Waals surface area contributed by atoms with Crippen molar-refractivity contribution >= 4 is 5.69 Å². The van der Waals surface area contributed by atoms with E-state index in [2.05, 4.69) is 24.3 Å². The summed E-state index contributed by atoms with van der Waals surface area (Å²) < 4.78 is 1.90. The quantitative estimate of drug-likeness (QED) is 0.868. The van der Waals surface area contributed by atoms with Crippen LogP contribution in [0.5, 0.6) is 5.75 Å². The maximum absolute atomic E-state index is 9.79. The van der Waals surface area contributed by atoms with Gasteiger partial charge in [0.1, 0.15) is 5.75 Å². The standard InChI is InChI=1S/C14H19N3O/c1-10(2)17-9-12(8-15-17)16-11(3)13-6-4-5-7-14(13)18/h4-11,16,18H,1-3H3. The zero-order valence-corrected chi connectivity index (χ0v) is 11.0. The molecule has 1 heterocycles. The highest BCUT2D eigenvalue weighted by molar-refractivity contribution is 5.44. The summed E-state index contributed by atoms with van der Waals surface area (Å²) in [4.78, 5) is 0. The molecule has 1 aromatic carbocycles. The second kappa shape index (κ2) is 5.12. The Morgan fingerprint density at radius 2 is 1.94 bits per heavy atom. The number of aromatic hydroxyl groups is 1. The van der Waals surface area contributed by atoms with Crippen LogP contribution in [0.4, 0.5) is 5.69 Å². The largest absolute Gasteiger partial charge is 0.508 e. The number of phenolic OH excluding ortho intramolecular Hbond substituents is 1. The van der Waals surface area contributed by atoms with E-state index in [4.69, 9.17) is 0 Å². The van der Waals surface area contributed by atoms with Crippen LogP contribution in [-0.4, -0.2) is 14.9 Å². The molecule has 2 rings (SSSR count). The van der Waals surface area contributed by atoms with Gasteiger partial charge in [-0.15, -0.1) is 0 Å². The van der Waals surface area contributed by atoms with Gasteiger partial charge in [0.2, 0.25) is 0 Å². The highest BCUT2D eigenvalue weighted by Gasteiger charge is 2.10. The maximum atomic E-state index is 9.79. The number of benzene rings is 1. The van der Waals surface area contributed by atoms with Gasteiger partial charge in [0.15, 0.2) is 0 Å². The van der Waals surface area contributed by atoms with Crippen LogP contribution in [0.1, 0.15) is 38.4 Å². The predicted octanol–water partition coefficient (Wildman–Crippen LogP) is 3.34. The van der Waals surface area contributed by atoms with Gasteiger partial charge in [0, 0.05) is 17.8 Å². The molecule has 18 heavy (non-hydrogen) atoms. The Hall–Kier alpha value is -1.97. The molecule has 0 aliphatic heterocycles. The molecule has 1 aromatic heterocycles. The fourth-order valence-corrected chi connectivity index (χ4v) is 1.88. The molecule has 1 unspecified atom stereocenters. The summed E-state index contributed by atoms with van der Waals surface area (Å²) in [5, 5.41) is 17.4. The van der Waals surface area contributed by atoms with E-state index in [9.17, 15) is 5.11 Å². The molecule has 0 bridgehead atoms. The SMILES string of the molecule is CC(Nc1cnn(C(C)C)c1)c1ccccc1O. The zero-order chi connectivity index (χ0) is 13.1. The van der Waals surface area contributed by atoms with Gasteiger partial charge < -0.3 is 10.4 Å². The first-order valence-electron chi connectivity index (χ1n) is 6.16. The normalized spacial score (nSPS) is 12.7. The monoisotopic (exact) mass is 245 g/mol. The molecule has 0 aliphatic rings. The van der Waals surface area contributed by atoms with Crippen LogP contribution in [0.2, 0.25) is 0 Å². The smallest absolute Gasteiger partial charge is 0.120 e. The summed E-state index contributed by atoms with van der Waals surface area (Å²) in [6.07, 6.45) is 3.78. The van der Waals surface area contributed by atoms with E-state index in [0.717, 1.165) is 11.3 Å². The van der Waals surface area contributed by atoms with Crippen molar-refractivity contribution in [1.29, 1.82) is 0 Å². The van der Waals surface area contributed by atoms with E-state index in [1.807, 2.05) is 36.0 Å². The highest BCUT2D eigenvalue weighted by atomic mass is 16.3. The second-order valence-corrected chi connectivity index (χ2v) is 4.73. The van der Waals surface area contributed by atoms with Crippen molar-refractivity contribution in [3.05, 3.63) is 42.2 Å². The van der Waals surface area contributed by atoms with Gasteiger partial charge in [-0.2, -0.15) is 5.10 Å². The van der Waals surface area contributed by atoms with Gasteiger partial charge in [0.25, 0.3) is 0 Å². The molecule has 4 heteroatoms. The van der Waals surface area contributed by atoms with Gasteiger partial charge in [-0.25, -0.2) is 0 Å². The topological polar surface area (TPSA) is 50.1 Å². The lowest BCUT2D eigenvalue weighted by atomic mass is 10.1. The lowest BCUT2D eigenvalue weighted by molar-refractivity contribution is 0.465. The van der Waals surface area contributed by atoms with Crippen molar-refractivity contribution in [2.45, 2.75) is 32.9 Å². The first kappa shape index (κ1) is 12.5. The molecular weight excluding hydrogens is 226 g/mol. The molecule has 96 valence electrons. The Labute approximate surface area is 107 Å². The Kier molecular flexibility index (Phi) is 3.55. The van der Waals surface area contributed by atoms with Crippen LogP contribution >= 0.6 is 0 Å². The number of nitrogens with zero attached hydrogens (tertiary/aromatic N) is 2. The Morgan fingerprint density at radius 3 is 2.56 bits per heavy atom. The minimum absolute atomic E-state index is 0.0380. The van der Waals surface area contributed by atoms with Crippen molar-refractivity contribution in [2.75, 3.05) is 5.32 Å². The number of anilines is 1. The van der Waals surface area contributed by atoms with Crippen LogP contribution in [0, 0.1) is 0 Å². The Balaban J connectivity index is 2.11. The summed E-state index contributed by atoms with van der Waals surface area (Å²) in [6.45, 7) is 6.19. The van der Waals surface area contributed by atoms with E-state index in [1.54, 1.807) is 12.3 Å². The molecule has 0 saturated carbocycles. The number of aromatic nitrogens is 2. The molecule has 0 radical (unpaired) electrons. The fraction of sp³-hybridized carbons (Fsp3) is 0.357. The minimum atomic E-state index is 0.0380. The summed E-state index contributed by atoms with van der Waals surface area (Å²) >= 11 is 0.